The maximum atomic E-state index is 9.87. The summed E-state index contributed by atoms with van der Waals surface area (Å²) in [7, 11) is 0. The molecule has 0 bridgehead atoms. The predicted octanol–water partition coefficient (Wildman–Crippen LogP) is 3.63. The van der Waals surface area contributed by atoms with Crippen molar-refractivity contribution in [3.63, 3.8) is 0 Å². The zero-order valence-electron chi connectivity index (χ0n) is 10.9. The van der Waals surface area contributed by atoms with Gasteiger partial charge in [-0.15, -0.1) is 35.4 Å². The van der Waals surface area contributed by atoms with Crippen molar-refractivity contribution in [1.82, 2.24) is 0 Å². The molecule has 0 fully saturated rings. The van der Waals surface area contributed by atoms with E-state index in [1.807, 2.05) is 26.0 Å². The molecule has 93 valence electrons. The average Bonchev–Trinajstić information content (AvgIpc) is 2.19. The summed E-state index contributed by atoms with van der Waals surface area (Å²) in [5.41, 5.74) is 2.98. The largest absolute Gasteiger partial charge is 0.517 e. The number of hydrogen-bond donors (Lipinski definition) is 2. The van der Waals surface area contributed by atoms with Crippen molar-refractivity contribution >= 4 is 0 Å². The van der Waals surface area contributed by atoms with Crippen molar-refractivity contribution in [3.8, 4) is 22.6 Å². The summed E-state index contributed by atoms with van der Waals surface area (Å²) >= 11 is 0. The van der Waals surface area contributed by atoms with Crippen LogP contribution in [0.3, 0.4) is 0 Å². The summed E-state index contributed by atoms with van der Waals surface area (Å²) in [5.74, 6) is 0.172. The van der Waals surface area contributed by atoms with E-state index in [4.69, 9.17) is 0 Å². The minimum Gasteiger partial charge on any atom is -0.517 e. The molecule has 2 aromatic carbocycles. The maximum absolute atomic E-state index is 9.87. The zero-order chi connectivity index (χ0) is 11.7. The molecule has 0 aliphatic heterocycles. The van der Waals surface area contributed by atoms with Gasteiger partial charge >= 0.3 is 0 Å². The Morgan fingerprint density at radius 2 is 1.61 bits per heavy atom. The molecule has 0 saturated carbocycles. The van der Waals surface area contributed by atoms with Gasteiger partial charge in [0.15, 0.2) is 0 Å². The van der Waals surface area contributed by atoms with Crippen LogP contribution in [0, 0.1) is 68.6 Å². The summed E-state index contributed by atoms with van der Waals surface area (Å²) in [5, 5.41) is 19.7. The monoisotopic (exact) mass is 369 g/mol. The number of phenolic OH excluding ortho intramolecular Hbond substituents is 2. The summed E-state index contributed by atoms with van der Waals surface area (Å²) < 4.78 is 0. The molecule has 2 aromatic rings. The molecule has 0 aliphatic carbocycles. The molecular weight excluding hydrogens is 353 g/mol. The van der Waals surface area contributed by atoms with Crippen LogP contribution < -0.4 is 0 Å². The minimum atomic E-state index is 0. The van der Waals surface area contributed by atoms with Crippen LogP contribution in [-0.4, -0.2) is 10.2 Å². The third kappa shape index (κ3) is 3.46. The maximum Gasteiger partial charge on any atom is 0.0858 e. The second-order valence-corrected chi connectivity index (χ2v) is 3.91. The molecule has 18 heavy (non-hydrogen) atoms. The van der Waals surface area contributed by atoms with Gasteiger partial charge in [-0.3, -0.25) is 0 Å². The molecule has 0 saturated heterocycles. The van der Waals surface area contributed by atoms with Crippen LogP contribution in [0.2, 0.25) is 0 Å². The molecule has 0 aliphatic rings. The molecule has 0 heterocycles. The van der Waals surface area contributed by atoms with Gasteiger partial charge in [0.25, 0.3) is 0 Å². The van der Waals surface area contributed by atoms with E-state index in [2.05, 4.69) is 6.07 Å². The Hall–Kier alpha value is -0.596. The van der Waals surface area contributed by atoms with E-state index in [1.165, 1.54) is 0 Å². The van der Waals surface area contributed by atoms with Crippen LogP contribution in [-0.2, 0) is 0 Å². The Kier molecular flexibility index (Phi) is 6.87. The standard InChI is InChI=1S/C14H13O2.CH3.Pr/c1-9-7-12(15)14(13(16)8-9)11-6-4-3-5-10(11)2;;/h3-5,7-8,15-16H,1-2H3;1H3;/q2*-1;. The Morgan fingerprint density at radius 3 is 2.11 bits per heavy atom. The molecular formula is C15H16O2Pr-2. The van der Waals surface area contributed by atoms with Crippen LogP contribution in [0.1, 0.15) is 11.1 Å². The van der Waals surface area contributed by atoms with Gasteiger partial charge in [0.2, 0.25) is 0 Å². The summed E-state index contributed by atoms with van der Waals surface area (Å²) in [6, 6.07) is 11.9. The van der Waals surface area contributed by atoms with E-state index in [-0.39, 0.29) is 60.2 Å². The Balaban J connectivity index is 0.00000144. The molecule has 1 radical (unpaired) electrons. The predicted molar refractivity (Wildman–Crippen MR) is 69.9 cm³/mol. The quantitative estimate of drug-likeness (QED) is 0.754. The van der Waals surface area contributed by atoms with Crippen LogP contribution in [0.5, 0.6) is 11.5 Å². The van der Waals surface area contributed by atoms with E-state index < -0.39 is 0 Å². The number of aryl methyl sites for hydroxylation is 2. The van der Waals surface area contributed by atoms with Crippen LogP contribution in [0.25, 0.3) is 11.1 Å². The third-order valence-electron chi connectivity index (χ3n) is 2.56. The number of rotatable bonds is 1. The molecule has 0 spiro atoms. The van der Waals surface area contributed by atoms with Crippen molar-refractivity contribution in [3.05, 3.63) is 55.0 Å². The Morgan fingerprint density at radius 1 is 1.06 bits per heavy atom. The number of hydrogen-bond acceptors (Lipinski definition) is 2. The van der Waals surface area contributed by atoms with Gasteiger partial charge in [-0.2, -0.15) is 0 Å². The van der Waals surface area contributed by atoms with E-state index in [1.54, 1.807) is 18.2 Å². The molecule has 2 nitrogen and oxygen atoms in total. The zero-order valence-corrected chi connectivity index (χ0v) is 14.6. The normalized spacial score (nSPS) is 9.22. The van der Waals surface area contributed by atoms with Crippen LogP contribution in [0.15, 0.2) is 30.3 Å². The molecule has 0 amide bonds. The molecule has 0 aromatic heterocycles. The van der Waals surface area contributed by atoms with E-state index in [9.17, 15) is 10.2 Å². The fraction of sp³-hybridized carbons (Fsp3) is 0.133. The van der Waals surface area contributed by atoms with Crippen molar-refractivity contribution < 1.29 is 51.5 Å². The van der Waals surface area contributed by atoms with Gasteiger partial charge in [0.05, 0.1) is 11.5 Å². The molecule has 0 atom stereocenters. The van der Waals surface area contributed by atoms with Crippen molar-refractivity contribution in [2.75, 3.05) is 0 Å². The first-order valence-corrected chi connectivity index (χ1v) is 5.10. The molecule has 2 rings (SSSR count). The van der Waals surface area contributed by atoms with Crippen LogP contribution in [0.4, 0.5) is 0 Å². The number of benzene rings is 2. The molecule has 3 heteroatoms. The van der Waals surface area contributed by atoms with Gasteiger partial charge in [0.1, 0.15) is 0 Å². The molecule has 2 N–H and O–H groups in total. The fourth-order valence-corrected chi connectivity index (χ4v) is 1.80. The van der Waals surface area contributed by atoms with E-state index >= 15 is 0 Å². The van der Waals surface area contributed by atoms with E-state index in [0.717, 1.165) is 16.7 Å². The van der Waals surface area contributed by atoms with Gasteiger partial charge in [0, 0.05) is 41.3 Å². The SMILES string of the molecule is Cc1cc(O)c(-c2[c-]cccc2C)c(O)c1.[CH3-].[Pr]. The minimum absolute atomic E-state index is 0. The second kappa shape index (κ2) is 7.11. The van der Waals surface area contributed by atoms with Gasteiger partial charge in [-0.05, 0) is 30.2 Å². The number of aromatic hydroxyl groups is 2. The van der Waals surface area contributed by atoms with Crippen LogP contribution >= 0.6 is 0 Å². The fourth-order valence-electron chi connectivity index (χ4n) is 1.80. The molecule has 0 unspecified atom stereocenters. The Labute approximate surface area is 142 Å². The first kappa shape index (κ1) is 17.4. The summed E-state index contributed by atoms with van der Waals surface area (Å²) in [4.78, 5) is 0. The summed E-state index contributed by atoms with van der Waals surface area (Å²) in [6.07, 6.45) is 0. The smallest absolute Gasteiger partial charge is 0.0858 e. The Bertz CT molecular complexity index is 513. The average molecular weight is 369 g/mol. The second-order valence-electron chi connectivity index (χ2n) is 3.91. The van der Waals surface area contributed by atoms with Gasteiger partial charge < -0.3 is 17.6 Å². The van der Waals surface area contributed by atoms with E-state index in [0.29, 0.717) is 5.56 Å². The van der Waals surface area contributed by atoms with Gasteiger partial charge in [-0.1, -0.05) is 6.92 Å². The van der Waals surface area contributed by atoms with Gasteiger partial charge in [-0.25, -0.2) is 0 Å². The van der Waals surface area contributed by atoms with Crippen molar-refractivity contribution in [2.45, 2.75) is 13.8 Å². The number of phenols is 2. The third-order valence-corrected chi connectivity index (χ3v) is 2.56. The van der Waals surface area contributed by atoms with Crippen molar-refractivity contribution in [2.24, 2.45) is 0 Å². The van der Waals surface area contributed by atoms with Crippen molar-refractivity contribution in [1.29, 1.82) is 0 Å². The summed E-state index contributed by atoms with van der Waals surface area (Å²) in [6.45, 7) is 3.75. The first-order valence-electron chi connectivity index (χ1n) is 5.10. The first-order chi connectivity index (χ1) is 7.59. The topological polar surface area (TPSA) is 40.5 Å².